The Bertz CT molecular complexity index is 735. The molecule has 0 saturated heterocycles. The minimum Gasteiger partial charge on any atom is -0.462 e. The molecule has 0 saturated carbocycles. The maximum atomic E-state index is 12.9. The van der Waals surface area contributed by atoms with Crippen molar-refractivity contribution in [2.45, 2.75) is 6.92 Å². The molecule has 0 aliphatic rings. The molecule has 0 spiro atoms. The molecule has 24 heavy (non-hydrogen) atoms. The summed E-state index contributed by atoms with van der Waals surface area (Å²) in [7, 11) is 0. The van der Waals surface area contributed by atoms with E-state index >= 15 is 0 Å². The lowest BCUT2D eigenvalue weighted by Crippen LogP contribution is -2.22. The Hall–Kier alpha value is -2.60. The van der Waals surface area contributed by atoms with E-state index in [0.717, 1.165) is 6.07 Å². The molecule has 0 atom stereocenters. The van der Waals surface area contributed by atoms with Gasteiger partial charge >= 0.3 is 5.97 Å². The minimum atomic E-state index is -0.474. The highest BCUT2D eigenvalue weighted by Gasteiger charge is 2.08. The summed E-state index contributed by atoms with van der Waals surface area (Å²) in [5.41, 5.74) is 1.44. The number of benzene rings is 2. The second-order valence-corrected chi connectivity index (χ2v) is 5.23. The van der Waals surface area contributed by atoms with Crippen LogP contribution in [0.1, 0.15) is 17.3 Å². The van der Waals surface area contributed by atoms with Crippen LogP contribution in [0.2, 0.25) is 5.02 Å². The molecule has 0 aliphatic carbocycles. The molecule has 126 valence electrons. The van der Waals surface area contributed by atoms with Gasteiger partial charge in [-0.3, -0.25) is 4.79 Å². The average Bonchev–Trinajstić information content (AvgIpc) is 2.56. The lowest BCUT2D eigenvalue weighted by atomic mass is 10.2. The van der Waals surface area contributed by atoms with Crippen molar-refractivity contribution < 1.29 is 18.7 Å². The number of hydrogen-bond donors (Lipinski definition) is 2. The zero-order valence-electron chi connectivity index (χ0n) is 12.9. The summed E-state index contributed by atoms with van der Waals surface area (Å²) >= 11 is 5.84. The first-order valence-corrected chi connectivity index (χ1v) is 7.63. The third kappa shape index (κ3) is 4.96. The molecule has 2 aromatic rings. The molecule has 0 aliphatic heterocycles. The highest BCUT2D eigenvalue weighted by atomic mass is 35.5. The van der Waals surface area contributed by atoms with Crippen LogP contribution in [0.25, 0.3) is 0 Å². The van der Waals surface area contributed by atoms with Crippen LogP contribution in [0, 0.1) is 5.82 Å². The van der Waals surface area contributed by atoms with Crippen molar-refractivity contribution in [1.29, 1.82) is 0 Å². The quantitative estimate of drug-likeness (QED) is 0.779. The highest BCUT2D eigenvalue weighted by Crippen LogP contribution is 2.22. The normalized spacial score (nSPS) is 10.1. The number of carbonyl (C=O) groups excluding carboxylic acids is 2. The highest BCUT2D eigenvalue weighted by molar-refractivity contribution is 6.33. The Balaban J connectivity index is 1.88. The first-order valence-electron chi connectivity index (χ1n) is 7.25. The van der Waals surface area contributed by atoms with Crippen molar-refractivity contribution in [2.24, 2.45) is 0 Å². The minimum absolute atomic E-state index is 0.00748. The van der Waals surface area contributed by atoms with E-state index < -0.39 is 11.8 Å². The first-order chi connectivity index (χ1) is 11.5. The van der Waals surface area contributed by atoms with Crippen LogP contribution in [0.4, 0.5) is 15.8 Å². The summed E-state index contributed by atoms with van der Waals surface area (Å²) in [6.07, 6.45) is 0. The molecular formula is C17H16ClFN2O3. The van der Waals surface area contributed by atoms with Crippen LogP contribution >= 0.6 is 11.6 Å². The predicted octanol–water partition coefficient (Wildman–Crippen LogP) is 3.71. The Morgan fingerprint density at radius 2 is 1.88 bits per heavy atom. The van der Waals surface area contributed by atoms with Gasteiger partial charge in [0.15, 0.2) is 0 Å². The molecule has 0 radical (unpaired) electrons. The van der Waals surface area contributed by atoms with E-state index in [1.807, 2.05) is 0 Å². The van der Waals surface area contributed by atoms with Gasteiger partial charge in [-0.25, -0.2) is 9.18 Å². The third-order valence-corrected chi connectivity index (χ3v) is 3.37. The number of rotatable bonds is 6. The van der Waals surface area contributed by atoms with Gasteiger partial charge < -0.3 is 15.4 Å². The van der Waals surface area contributed by atoms with E-state index in [1.165, 1.54) is 12.1 Å². The zero-order valence-corrected chi connectivity index (χ0v) is 13.7. The summed E-state index contributed by atoms with van der Waals surface area (Å²) < 4.78 is 17.8. The van der Waals surface area contributed by atoms with E-state index in [-0.39, 0.29) is 17.5 Å². The summed E-state index contributed by atoms with van der Waals surface area (Å²) in [5.74, 6) is -1.21. The van der Waals surface area contributed by atoms with E-state index in [0.29, 0.717) is 23.5 Å². The number of esters is 1. The number of hydrogen-bond acceptors (Lipinski definition) is 4. The number of ether oxygens (including phenoxy) is 1. The van der Waals surface area contributed by atoms with Crippen LogP contribution in [0.3, 0.4) is 0 Å². The summed E-state index contributed by atoms with van der Waals surface area (Å²) in [4.78, 5) is 23.4. The number of halogens is 2. The Labute approximate surface area is 143 Å². The largest absolute Gasteiger partial charge is 0.462 e. The van der Waals surface area contributed by atoms with Gasteiger partial charge in [0, 0.05) is 5.69 Å². The molecule has 0 unspecified atom stereocenters. The fourth-order valence-corrected chi connectivity index (χ4v) is 2.12. The van der Waals surface area contributed by atoms with Gasteiger partial charge in [-0.1, -0.05) is 11.6 Å². The van der Waals surface area contributed by atoms with Crippen molar-refractivity contribution in [1.82, 2.24) is 0 Å². The molecule has 0 bridgehead atoms. The lowest BCUT2D eigenvalue weighted by molar-refractivity contribution is -0.114. The zero-order chi connectivity index (χ0) is 17.5. The Kier molecular flexibility index (Phi) is 6.14. The number of carbonyl (C=O) groups is 2. The maximum absolute atomic E-state index is 12.9. The van der Waals surface area contributed by atoms with Crippen LogP contribution in [0.5, 0.6) is 0 Å². The van der Waals surface area contributed by atoms with Crippen molar-refractivity contribution >= 4 is 34.9 Å². The Morgan fingerprint density at radius 3 is 2.50 bits per heavy atom. The van der Waals surface area contributed by atoms with Crippen molar-refractivity contribution in [3.8, 4) is 0 Å². The number of anilines is 2. The topological polar surface area (TPSA) is 67.4 Å². The van der Waals surface area contributed by atoms with Gasteiger partial charge in [-0.05, 0) is 49.4 Å². The molecule has 1 amide bonds. The van der Waals surface area contributed by atoms with Crippen LogP contribution in [-0.4, -0.2) is 25.0 Å². The van der Waals surface area contributed by atoms with E-state index in [2.05, 4.69) is 10.6 Å². The molecule has 2 rings (SSSR count). The summed E-state index contributed by atoms with van der Waals surface area (Å²) in [6.45, 7) is 2.04. The van der Waals surface area contributed by atoms with Gasteiger partial charge in [0.25, 0.3) is 0 Å². The second-order valence-electron chi connectivity index (χ2n) is 4.82. The molecule has 7 heteroatoms. The average molecular weight is 351 g/mol. The Morgan fingerprint density at radius 1 is 1.17 bits per heavy atom. The molecular weight excluding hydrogens is 335 g/mol. The first kappa shape index (κ1) is 17.7. The number of nitrogens with one attached hydrogen (secondary N) is 2. The fourth-order valence-electron chi connectivity index (χ4n) is 1.91. The van der Waals surface area contributed by atoms with Gasteiger partial charge in [-0.15, -0.1) is 0 Å². The predicted molar refractivity (Wildman–Crippen MR) is 90.9 cm³/mol. The van der Waals surface area contributed by atoms with Crippen LogP contribution < -0.4 is 10.6 Å². The summed E-state index contributed by atoms with van der Waals surface area (Å²) in [6, 6.07) is 10.3. The van der Waals surface area contributed by atoms with Crippen LogP contribution in [-0.2, 0) is 9.53 Å². The molecule has 0 fully saturated rings. The number of amides is 1. The van der Waals surface area contributed by atoms with E-state index in [9.17, 15) is 14.0 Å². The maximum Gasteiger partial charge on any atom is 0.338 e. The standard InChI is InChI=1S/C17H16ClFN2O3/c1-2-24-17(23)11-3-6-13(7-4-11)20-10-16(22)21-15-8-5-12(19)9-14(15)18/h3-9,20H,2,10H2,1H3,(H,21,22). The summed E-state index contributed by atoms with van der Waals surface area (Å²) in [5, 5.41) is 5.62. The van der Waals surface area contributed by atoms with Crippen molar-refractivity contribution in [3.63, 3.8) is 0 Å². The van der Waals surface area contributed by atoms with Gasteiger partial charge in [0.1, 0.15) is 5.82 Å². The smallest absolute Gasteiger partial charge is 0.338 e. The van der Waals surface area contributed by atoms with Crippen molar-refractivity contribution in [2.75, 3.05) is 23.8 Å². The monoisotopic (exact) mass is 350 g/mol. The van der Waals surface area contributed by atoms with Crippen molar-refractivity contribution in [3.05, 3.63) is 58.9 Å². The van der Waals surface area contributed by atoms with Gasteiger partial charge in [0.2, 0.25) is 5.91 Å². The van der Waals surface area contributed by atoms with Crippen LogP contribution in [0.15, 0.2) is 42.5 Å². The molecule has 0 aromatic heterocycles. The molecule has 5 nitrogen and oxygen atoms in total. The lowest BCUT2D eigenvalue weighted by Gasteiger charge is -2.09. The van der Waals surface area contributed by atoms with Gasteiger partial charge in [0.05, 0.1) is 29.4 Å². The van der Waals surface area contributed by atoms with E-state index in [4.69, 9.17) is 16.3 Å². The van der Waals surface area contributed by atoms with E-state index in [1.54, 1.807) is 31.2 Å². The second kappa shape index (κ2) is 8.31. The fraction of sp³-hybridized carbons (Fsp3) is 0.176. The van der Waals surface area contributed by atoms with Gasteiger partial charge in [-0.2, -0.15) is 0 Å². The SMILES string of the molecule is CCOC(=O)c1ccc(NCC(=O)Nc2ccc(F)cc2Cl)cc1. The molecule has 2 aromatic carbocycles. The third-order valence-electron chi connectivity index (χ3n) is 3.05. The molecule has 2 N–H and O–H groups in total. The molecule has 0 heterocycles.